The number of pyridine rings is 1. The fourth-order valence-corrected chi connectivity index (χ4v) is 6.91. The number of halogens is 1. The van der Waals surface area contributed by atoms with E-state index in [-0.39, 0.29) is 11.7 Å². The predicted molar refractivity (Wildman–Crippen MR) is 123 cm³/mol. The highest BCUT2D eigenvalue weighted by atomic mass is 35.5. The van der Waals surface area contributed by atoms with Crippen molar-refractivity contribution in [3.63, 3.8) is 0 Å². The van der Waals surface area contributed by atoms with E-state index in [0.717, 1.165) is 14.4 Å². The van der Waals surface area contributed by atoms with Crippen molar-refractivity contribution in [2.24, 2.45) is 10.7 Å². The third-order valence-corrected chi connectivity index (χ3v) is 9.14. The van der Waals surface area contributed by atoms with Gasteiger partial charge >= 0.3 is 0 Å². The molecule has 0 saturated heterocycles. The zero-order valence-electron chi connectivity index (χ0n) is 17.0. The number of aliphatic imine (C=N–C) groups is 1. The van der Waals surface area contributed by atoms with Crippen LogP contribution < -0.4 is 5.73 Å². The molecule has 5 heterocycles. The molecule has 0 amide bonds. The molecule has 1 aliphatic heterocycles. The molecule has 0 aromatic carbocycles. The molecule has 4 aromatic heterocycles. The van der Waals surface area contributed by atoms with Crippen molar-refractivity contribution in [1.29, 1.82) is 0 Å². The zero-order chi connectivity index (χ0) is 22.7. The summed E-state index contributed by atoms with van der Waals surface area (Å²) in [7, 11) is -2.24. The van der Waals surface area contributed by atoms with Gasteiger partial charge in [-0.3, -0.25) is 4.98 Å². The summed E-state index contributed by atoms with van der Waals surface area (Å²) in [5, 5.41) is 5.30. The smallest absolute Gasteiger partial charge is 0.250 e. The Morgan fingerprint density at radius 2 is 1.97 bits per heavy atom. The number of nitrogens with two attached hydrogens (primary N) is 1. The fourth-order valence-electron chi connectivity index (χ4n) is 3.56. The van der Waals surface area contributed by atoms with Crippen LogP contribution in [-0.2, 0) is 15.6 Å². The lowest BCUT2D eigenvalue weighted by molar-refractivity contribution is 0.482. The Balaban J connectivity index is 1.64. The molecule has 0 aliphatic carbocycles. The summed E-state index contributed by atoms with van der Waals surface area (Å²) in [6.45, 7) is 1.72. The molecule has 13 heteroatoms. The molecule has 1 aliphatic rings. The van der Waals surface area contributed by atoms with Gasteiger partial charge in [-0.1, -0.05) is 11.6 Å². The van der Waals surface area contributed by atoms with Gasteiger partial charge in [-0.15, -0.1) is 11.3 Å². The van der Waals surface area contributed by atoms with Crippen LogP contribution in [-0.4, -0.2) is 56.2 Å². The number of aromatic nitrogens is 5. The Kier molecular flexibility index (Phi) is 4.69. The molecule has 0 radical (unpaired) electrons. The first-order chi connectivity index (χ1) is 15.2. The molecule has 10 nitrogen and oxygen atoms in total. The molecule has 5 rings (SSSR count). The highest BCUT2D eigenvalue weighted by Crippen LogP contribution is 2.46. The number of hydrogen-bond donors (Lipinski definition) is 1. The molecule has 2 N–H and O–H groups in total. The van der Waals surface area contributed by atoms with Crippen molar-refractivity contribution in [3.05, 3.63) is 53.0 Å². The first-order valence-corrected chi connectivity index (χ1v) is 12.2. The van der Waals surface area contributed by atoms with Gasteiger partial charge in [0.05, 0.1) is 26.0 Å². The van der Waals surface area contributed by atoms with Gasteiger partial charge in [0.25, 0.3) is 0 Å². The first kappa shape index (κ1) is 20.8. The third-order valence-electron chi connectivity index (χ3n) is 5.22. The second kappa shape index (κ2) is 7.22. The molecule has 1 unspecified atom stereocenters. The SMILES string of the molecule is CN1C(N)=NC(C)(c2sc3c(-c4cnc(-n5cccn5)nc4)nccc3c2Cl)CS1(=O)=O. The van der Waals surface area contributed by atoms with Crippen molar-refractivity contribution in [1.82, 2.24) is 29.0 Å². The summed E-state index contributed by atoms with van der Waals surface area (Å²) in [5.74, 6) is 0.117. The summed E-state index contributed by atoms with van der Waals surface area (Å²) >= 11 is 8.07. The monoisotopic (exact) mass is 488 g/mol. The molecule has 164 valence electrons. The maximum Gasteiger partial charge on any atom is 0.250 e. The lowest BCUT2D eigenvalue weighted by Gasteiger charge is -2.33. The average molecular weight is 489 g/mol. The van der Waals surface area contributed by atoms with Crippen LogP contribution in [0, 0.1) is 0 Å². The topological polar surface area (TPSA) is 132 Å². The largest absolute Gasteiger partial charge is 0.369 e. The summed E-state index contributed by atoms with van der Waals surface area (Å²) in [6, 6.07) is 3.58. The van der Waals surface area contributed by atoms with Crippen molar-refractivity contribution >= 4 is 49.0 Å². The van der Waals surface area contributed by atoms with Crippen molar-refractivity contribution in [2.75, 3.05) is 12.8 Å². The van der Waals surface area contributed by atoms with E-state index in [0.29, 0.717) is 27.1 Å². The van der Waals surface area contributed by atoms with Crippen LogP contribution >= 0.6 is 22.9 Å². The van der Waals surface area contributed by atoms with Crippen molar-refractivity contribution < 1.29 is 8.42 Å². The van der Waals surface area contributed by atoms with Crippen molar-refractivity contribution in [3.8, 4) is 17.2 Å². The Morgan fingerprint density at radius 1 is 1.22 bits per heavy atom. The summed E-state index contributed by atoms with van der Waals surface area (Å²) < 4.78 is 28.6. The van der Waals surface area contributed by atoms with Crippen LogP contribution in [0.15, 0.2) is 48.1 Å². The summed E-state index contributed by atoms with van der Waals surface area (Å²) in [4.78, 5) is 18.3. The average Bonchev–Trinajstić information content (AvgIpc) is 3.41. The number of hydrogen-bond acceptors (Lipinski definition) is 9. The molecule has 0 fully saturated rings. The highest BCUT2D eigenvalue weighted by Gasteiger charge is 2.43. The van der Waals surface area contributed by atoms with E-state index in [2.05, 4.69) is 25.0 Å². The predicted octanol–water partition coefficient (Wildman–Crippen LogP) is 2.40. The standard InChI is InChI=1S/C19H17ClN8O2S2/c1-19(10-32(29,30)27(2)17(21)26-19)16-13(20)12-4-6-22-14(15(12)31-16)11-8-23-18(24-9-11)28-7-3-5-25-28/h3-9H,10H2,1-2H3,(H2,21,26). The number of guanidine groups is 1. The van der Waals surface area contributed by atoms with Crippen LogP contribution in [0.4, 0.5) is 0 Å². The second-order valence-electron chi connectivity index (χ2n) is 7.47. The lowest BCUT2D eigenvalue weighted by atomic mass is 10.0. The number of thiophene rings is 1. The van der Waals surface area contributed by atoms with Gasteiger partial charge in [0.2, 0.25) is 21.9 Å². The van der Waals surface area contributed by atoms with E-state index in [9.17, 15) is 8.42 Å². The van der Waals surface area contributed by atoms with Crippen LogP contribution in [0.25, 0.3) is 27.3 Å². The Morgan fingerprint density at radius 3 is 2.62 bits per heavy atom. The number of rotatable bonds is 3. The van der Waals surface area contributed by atoms with Crippen LogP contribution in [0.3, 0.4) is 0 Å². The highest BCUT2D eigenvalue weighted by molar-refractivity contribution is 7.89. The van der Waals surface area contributed by atoms with Gasteiger partial charge in [-0.2, -0.15) is 5.10 Å². The van der Waals surface area contributed by atoms with Gasteiger partial charge in [0.15, 0.2) is 0 Å². The summed E-state index contributed by atoms with van der Waals surface area (Å²) in [5.41, 5.74) is 6.13. The second-order valence-corrected chi connectivity index (χ2v) is 10.9. The van der Waals surface area contributed by atoms with E-state index < -0.39 is 15.6 Å². The number of nitrogens with zero attached hydrogens (tertiary/aromatic N) is 7. The molecular formula is C19H17ClN8O2S2. The first-order valence-electron chi connectivity index (χ1n) is 9.41. The van der Waals surface area contributed by atoms with E-state index in [1.807, 2.05) is 0 Å². The summed E-state index contributed by atoms with van der Waals surface area (Å²) in [6.07, 6.45) is 8.37. The van der Waals surface area contributed by atoms with E-state index >= 15 is 0 Å². The maximum atomic E-state index is 12.6. The van der Waals surface area contributed by atoms with Gasteiger partial charge in [0.1, 0.15) is 5.54 Å². The van der Waals surface area contributed by atoms with Gasteiger partial charge in [0, 0.05) is 49.0 Å². The Bertz CT molecular complexity index is 1470. The minimum atomic E-state index is -3.63. The van der Waals surface area contributed by atoms with E-state index in [4.69, 9.17) is 17.3 Å². The quantitative estimate of drug-likeness (QED) is 0.468. The van der Waals surface area contributed by atoms with Gasteiger partial charge in [-0.05, 0) is 19.1 Å². The normalized spacial score (nSPS) is 20.5. The zero-order valence-corrected chi connectivity index (χ0v) is 19.4. The van der Waals surface area contributed by atoms with Crippen molar-refractivity contribution in [2.45, 2.75) is 12.5 Å². The van der Waals surface area contributed by atoms with Crippen LogP contribution in [0.2, 0.25) is 5.02 Å². The molecule has 4 aromatic rings. The lowest BCUT2D eigenvalue weighted by Crippen LogP contribution is -2.50. The molecule has 0 spiro atoms. The van der Waals surface area contributed by atoms with Gasteiger partial charge < -0.3 is 5.73 Å². The number of fused-ring (bicyclic) bond motifs is 1. The van der Waals surface area contributed by atoms with Crippen LogP contribution in [0.1, 0.15) is 11.8 Å². The minimum absolute atomic E-state index is 0.0757. The molecule has 32 heavy (non-hydrogen) atoms. The maximum absolute atomic E-state index is 12.6. The molecular weight excluding hydrogens is 472 g/mol. The minimum Gasteiger partial charge on any atom is -0.369 e. The Hall–Kier alpha value is -3.09. The van der Waals surface area contributed by atoms with Crippen LogP contribution in [0.5, 0.6) is 0 Å². The Labute approximate surface area is 192 Å². The molecule has 1 atom stereocenters. The third kappa shape index (κ3) is 3.22. The van der Waals surface area contributed by atoms with E-state index in [1.54, 1.807) is 54.7 Å². The molecule has 0 bridgehead atoms. The van der Waals surface area contributed by atoms with Gasteiger partial charge in [-0.25, -0.2) is 32.4 Å². The van der Waals surface area contributed by atoms with E-state index in [1.165, 1.54) is 18.4 Å². The molecule has 0 saturated carbocycles. The fraction of sp³-hybridized carbons (Fsp3) is 0.211. The number of sulfonamides is 1.